The number of benzene rings is 3. The van der Waals surface area contributed by atoms with Crippen LogP contribution in [0.1, 0.15) is 11.1 Å². The molecule has 0 bridgehead atoms. The molecule has 0 aliphatic heterocycles. The van der Waals surface area contributed by atoms with E-state index in [9.17, 15) is 4.79 Å². The van der Waals surface area contributed by atoms with Gasteiger partial charge in [-0.3, -0.25) is 15.5 Å². The van der Waals surface area contributed by atoms with Crippen molar-refractivity contribution in [2.24, 2.45) is 0 Å². The molecule has 5 nitrogen and oxygen atoms in total. The maximum absolute atomic E-state index is 12.0. The molecule has 3 aromatic rings. The second kappa shape index (κ2) is 9.20. The van der Waals surface area contributed by atoms with Gasteiger partial charge in [-0.05, 0) is 35.4 Å². The predicted molar refractivity (Wildman–Crippen MR) is 107 cm³/mol. The fourth-order valence-electron chi connectivity index (χ4n) is 2.52. The first-order chi connectivity index (χ1) is 13.2. The Morgan fingerprint density at radius 1 is 0.815 bits per heavy atom. The Morgan fingerprint density at radius 3 is 2.04 bits per heavy atom. The Labute approximate surface area is 158 Å². The molecule has 3 aromatic carbocycles. The lowest BCUT2D eigenvalue weighted by molar-refractivity contribution is -0.119. The van der Waals surface area contributed by atoms with Gasteiger partial charge in [0.05, 0.1) is 6.42 Å². The van der Waals surface area contributed by atoms with Gasteiger partial charge in [0.15, 0.2) is 5.96 Å². The Hall–Kier alpha value is -3.60. The number of carbonyl (C=O) groups excluding carboxylic acids is 1. The second-order valence-electron chi connectivity index (χ2n) is 6.01. The second-order valence-corrected chi connectivity index (χ2v) is 6.01. The van der Waals surface area contributed by atoms with E-state index in [4.69, 9.17) is 10.1 Å². The maximum atomic E-state index is 12.0. The SMILES string of the molecule is N=C(NC(=O)Cc1ccccc1)Nc1ccc(OCc2ccccc2)cc1. The number of amides is 1. The van der Waals surface area contributed by atoms with Gasteiger partial charge < -0.3 is 10.1 Å². The molecule has 0 aromatic heterocycles. The van der Waals surface area contributed by atoms with Gasteiger partial charge in [0, 0.05) is 5.69 Å². The summed E-state index contributed by atoms with van der Waals surface area (Å²) in [6.07, 6.45) is 0.233. The Kier molecular flexibility index (Phi) is 6.20. The fourth-order valence-corrected chi connectivity index (χ4v) is 2.52. The molecule has 0 saturated carbocycles. The summed E-state index contributed by atoms with van der Waals surface area (Å²) in [6.45, 7) is 0.499. The quantitative estimate of drug-likeness (QED) is 0.460. The first-order valence-corrected chi connectivity index (χ1v) is 8.65. The summed E-state index contributed by atoms with van der Waals surface area (Å²) < 4.78 is 5.73. The predicted octanol–water partition coefficient (Wildman–Crippen LogP) is 3.97. The molecule has 0 fully saturated rings. The van der Waals surface area contributed by atoms with Crippen molar-refractivity contribution < 1.29 is 9.53 Å². The van der Waals surface area contributed by atoms with Crippen LogP contribution in [0.2, 0.25) is 0 Å². The molecule has 0 aliphatic carbocycles. The van der Waals surface area contributed by atoms with Crippen LogP contribution in [0.3, 0.4) is 0 Å². The highest BCUT2D eigenvalue weighted by Crippen LogP contribution is 2.17. The number of hydrogen-bond acceptors (Lipinski definition) is 3. The van der Waals surface area contributed by atoms with Crippen molar-refractivity contribution in [1.82, 2.24) is 5.32 Å². The lowest BCUT2D eigenvalue weighted by Crippen LogP contribution is -2.36. The molecule has 136 valence electrons. The molecule has 5 heteroatoms. The van der Waals surface area contributed by atoms with Gasteiger partial charge in [-0.1, -0.05) is 60.7 Å². The third-order valence-corrected chi connectivity index (χ3v) is 3.84. The third kappa shape index (κ3) is 6.01. The van der Waals surface area contributed by atoms with Crippen LogP contribution >= 0.6 is 0 Å². The van der Waals surface area contributed by atoms with E-state index in [1.165, 1.54) is 0 Å². The zero-order valence-corrected chi connectivity index (χ0v) is 14.8. The summed E-state index contributed by atoms with van der Waals surface area (Å²) in [6, 6.07) is 26.6. The molecule has 1 amide bonds. The molecule has 0 radical (unpaired) electrons. The highest BCUT2D eigenvalue weighted by Gasteiger charge is 2.06. The first-order valence-electron chi connectivity index (χ1n) is 8.65. The van der Waals surface area contributed by atoms with Crippen LogP contribution in [0.4, 0.5) is 5.69 Å². The molecule has 0 aliphatic rings. The summed E-state index contributed by atoms with van der Waals surface area (Å²) in [4.78, 5) is 12.0. The third-order valence-electron chi connectivity index (χ3n) is 3.84. The minimum atomic E-state index is -0.235. The lowest BCUT2D eigenvalue weighted by atomic mass is 10.1. The Bertz CT molecular complexity index is 878. The summed E-state index contributed by atoms with van der Waals surface area (Å²) in [5, 5.41) is 13.3. The molecular weight excluding hydrogens is 338 g/mol. The Morgan fingerprint density at radius 2 is 1.41 bits per heavy atom. The smallest absolute Gasteiger partial charge is 0.231 e. The van der Waals surface area contributed by atoms with Gasteiger partial charge >= 0.3 is 0 Å². The zero-order valence-electron chi connectivity index (χ0n) is 14.8. The largest absolute Gasteiger partial charge is 0.489 e. The van der Waals surface area contributed by atoms with Crippen LogP contribution < -0.4 is 15.4 Å². The van der Waals surface area contributed by atoms with E-state index in [-0.39, 0.29) is 18.3 Å². The topological polar surface area (TPSA) is 74.2 Å². The van der Waals surface area contributed by atoms with Gasteiger partial charge in [-0.2, -0.15) is 0 Å². The minimum Gasteiger partial charge on any atom is -0.489 e. The van der Waals surface area contributed by atoms with Gasteiger partial charge in [-0.25, -0.2) is 0 Å². The fraction of sp³-hybridized carbons (Fsp3) is 0.0909. The standard InChI is InChI=1S/C22H21N3O2/c23-22(25-21(26)15-17-7-3-1-4-8-17)24-19-11-13-20(14-12-19)27-16-18-9-5-2-6-10-18/h1-14H,15-16H2,(H3,23,24,25,26). The molecule has 0 heterocycles. The van der Waals surface area contributed by atoms with E-state index in [0.29, 0.717) is 12.3 Å². The number of carbonyl (C=O) groups is 1. The first kappa shape index (κ1) is 18.2. The zero-order chi connectivity index (χ0) is 18.9. The van der Waals surface area contributed by atoms with Crippen LogP contribution in [0.5, 0.6) is 5.75 Å². The summed E-state index contributed by atoms with van der Waals surface area (Å²) in [7, 11) is 0. The molecule has 0 unspecified atom stereocenters. The van der Waals surface area contributed by atoms with Crippen LogP contribution in [-0.2, 0) is 17.8 Å². The van der Waals surface area contributed by atoms with E-state index in [1.807, 2.05) is 72.8 Å². The number of nitrogens with one attached hydrogen (secondary N) is 3. The van der Waals surface area contributed by atoms with Crippen molar-refractivity contribution in [3.05, 3.63) is 96.1 Å². The lowest BCUT2D eigenvalue weighted by Gasteiger charge is -2.11. The van der Waals surface area contributed by atoms with Gasteiger partial charge in [-0.15, -0.1) is 0 Å². The van der Waals surface area contributed by atoms with Crippen molar-refractivity contribution in [3.8, 4) is 5.75 Å². The van der Waals surface area contributed by atoms with E-state index < -0.39 is 0 Å². The molecule has 3 N–H and O–H groups in total. The van der Waals surface area contributed by atoms with Gasteiger partial charge in [0.1, 0.15) is 12.4 Å². The highest BCUT2D eigenvalue weighted by atomic mass is 16.5. The average molecular weight is 359 g/mol. The van der Waals surface area contributed by atoms with Gasteiger partial charge in [0.25, 0.3) is 0 Å². The van der Waals surface area contributed by atoms with E-state index in [2.05, 4.69) is 10.6 Å². The summed E-state index contributed by atoms with van der Waals surface area (Å²) in [5.41, 5.74) is 2.71. The van der Waals surface area contributed by atoms with Crippen molar-refractivity contribution in [3.63, 3.8) is 0 Å². The number of anilines is 1. The number of guanidine groups is 1. The summed E-state index contributed by atoms with van der Waals surface area (Å²) >= 11 is 0. The molecule has 0 saturated heterocycles. The van der Waals surface area contributed by atoms with Crippen LogP contribution in [0, 0.1) is 5.41 Å². The molecule has 0 atom stereocenters. The van der Waals surface area contributed by atoms with Crippen molar-refractivity contribution in [2.45, 2.75) is 13.0 Å². The average Bonchev–Trinajstić information content (AvgIpc) is 2.69. The van der Waals surface area contributed by atoms with E-state index in [0.717, 1.165) is 16.9 Å². The van der Waals surface area contributed by atoms with Crippen LogP contribution in [-0.4, -0.2) is 11.9 Å². The molecule has 0 spiro atoms. The molecule has 3 rings (SSSR count). The van der Waals surface area contributed by atoms with Crippen molar-refractivity contribution in [2.75, 3.05) is 5.32 Å². The number of ether oxygens (including phenoxy) is 1. The highest BCUT2D eigenvalue weighted by molar-refractivity contribution is 6.02. The number of hydrogen-bond donors (Lipinski definition) is 3. The van der Waals surface area contributed by atoms with E-state index in [1.54, 1.807) is 12.1 Å². The number of rotatable bonds is 6. The van der Waals surface area contributed by atoms with Crippen molar-refractivity contribution in [1.29, 1.82) is 5.41 Å². The monoisotopic (exact) mass is 359 g/mol. The Balaban J connectivity index is 1.46. The summed E-state index contributed by atoms with van der Waals surface area (Å²) in [5.74, 6) is 0.444. The molecular formula is C22H21N3O2. The van der Waals surface area contributed by atoms with Gasteiger partial charge in [0.2, 0.25) is 5.91 Å². The normalized spacial score (nSPS) is 10.1. The van der Waals surface area contributed by atoms with Crippen LogP contribution in [0.25, 0.3) is 0 Å². The van der Waals surface area contributed by atoms with E-state index >= 15 is 0 Å². The maximum Gasteiger partial charge on any atom is 0.231 e. The minimum absolute atomic E-state index is 0.0612. The van der Waals surface area contributed by atoms with Crippen LogP contribution in [0.15, 0.2) is 84.9 Å². The van der Waals surface area contributed by atoms with Crippen molar-refractivity contribution >= 4 is 17.6 Å². The molecule has 27 heavy (non-hydrogen) atoms.